The molecule has 0 amide bonds. The molecule has 4 heteroatoms. The largest absolute Gasteiger partial charge is 0.385 e. The Hall–Kier alpha value is 0.310. The van der Waals surface area contributed by atoms with Gasteiger partial charge in [0.05, 0.1) is 0 Å². The summed E-state index contributed by atoms with van der Waals surface area (Å²) < 4.78 is -1.71. The first-order chi connectivity index (χ1) is 5.37. The highest BCUT2D eigenvalue weighted by molar-refractivity contribution is 6.68. The fraction of sp³-hybridized carbons (Fsp3) is 0.500. The van der Waals surface area contributed by atoms with E-state index in [1.165, 1.54) is 12.2 Å². The third-order valence-corrected chi connectivity index (χ3v) is 2.55. The van der Waals surface area contributed by atoms with Crippen molar-refractivity contribution < 1.29 is 5.11 Å². The molecule has 0 aromatic rings. The van der Waals surface area contributed by atoms with E-state index in [1.54, 1.807) is 0 Å². The van der Waals surface area contributed by atoms with Crippen LogP contribution in [0.15, 0.2) is 25.3 Å². The van der Waals surface area contributed by atoms with Crippen molar-refractivity contribution in [1.82, 2.24) is 0 Å². The molecule has 0 rings (SSSR count). The molecule has 0 aliphatic carbocycles. The van der Waals surface area contributed by atoms with Crippen LogP contribution in [0.25, 0.3) is 0 Å². The van der Waals surface area contributed by atoms with E-state index in [0.29, 0.717) is 0 Å². The Bertz CT molecular complexity index is 162. The van der Waals surface area contributed by atoms with Crippen LogP contribution < -0.4 is 0 Å². The van der Waals surface area contributed by atoms with Crippen LogP contribution in [0.2, 0.25) is 0 Å². The Labute approximate surface area is 87.6 Å². The van der Waals surface area contributed by atoms with E-state index in [2.05, 4.69) is 13.2 Å². The Kier molecular flexibility index (Phi) is 4.64. The first-order valence-electron chi connectivity index (χ1n) is 3.38. The van der Waals surface area contributed by atoms with E-state index < -0.39 is 9.39 Å². The van der Waals surface area contributed by atoms with E-state index >= 15 is 0 Å². The maximum atomic E-state index is 9.81. The molecule has 0 aliphatic rings. The number of halogens is 3. The van der Waals surface area contributed by atoms with Gasteiger partial charge in [-0.25, -0.2) is 0 Å². The summed E-state index contributed by atoms with van der Waals surface area (Å²) in [5, 5.41) is 9.81. The first kappa shape index (κ1) is 12.3. The second kappa shape index (κ2) is 4.52. The zero-order valence-corrected chi connectivity index (χ0v) is 8.83. The summed E-state index contributed by atoms with van der Waals surface area (Å²) in [4.78, 5) is 0. The van der Waals surface area contributed by atoms with Gasteiger partial charge in [-0.1, -0.05) is 47.0 Å². The van der Waals surface area contributed by atoms with Crippen molar-refractivity contribution in [3.8, 4) is 0 Å². The predicted octanol–water partition coefficient (Wildman–Crippen LogP) is 3.24. The van der Waals surface area contributed by atoms with Gasteiger partial charge in [0, 0.05) is 0 Å². The summed E-state index contributed by atoms with van der Waals surface area (Å²) in [7, 11) is 0. The molecular weight excluding hydrogens is 218 g/mol. The topological polar surface area (TPSA) is 20.2 Å². The quantitative estimate of drug-likeness (QED) is 0.580. The molecule has 1 N–H and O–H groups in total. The van der Waals surface area contributed by atoms with Crippen molar-refractivity contribution >= 4 is 34.8 Å². The Balaban J connectivity index is 4.59. The standard InChI is InChI=1S/C8H11Cl3O/c1-3-5-7(12,6-4-2)8(9,10)11/h3-4,12H,1-2,5-6H2. The molecule has 0 atom stereocenters. The normalized spacial score (nSPS) is 12.7. The van der Waals surface area contributed by atoms with Crippen LogP contribution in [0.3, 0.4) is 0 Å². The molecule has 0 radical (unpaired) electrons. The number of hydrogen-bond acceptors (Lipinski definition) is 1. The van der Waals surface area contributed by atoms with Crippen LogP contribution in [0, 0.1) is 0 Å². The molecule has 0 aromatic heterocycles. The monoisotopic (exact) mass is 228 g/mol. The lowest BCUT2D eigenvalue weighted by Crippen LogP contribution is -2.41. The molecule has 0 saturated heterocycles. The molecule has 0 aliphatic heterocycles. The van der Waals surface area contributed by atoms with E-state index in [0.717, 1.165) is 0 Å². The maximum Gasteiger partial charge on any atom is 0.219 e. The Morgan fingerprint density at radius 3 is 1.58 bits per heavy atom. The van der Waals surface area contributed by atoms with Crippen molar-refractivity contribution in [3.63, 3.8) is 0 Å². The van der Waals surface area contributed by atoms with Gasteiger partial charge in [-0.2, -0.15) is 0 Å². The van der Waals surface area contributed by atoms with Gasteiger partial charge in [0.15, 0.2) is 0 Å². The highest BCUT2D eigenvalue weighted by Crippen LogP contribution is 2.42. The number of hydrogen-bond donors (Lipinski definition) is 1. The highest BCUT2D eigenvalue weighted by atomic mass is 35.6. The maximum absolute atomic E-state index is 9.81. The minimum Gasteiger partial charge on any atom is -0.385 e. The molecule has 1 nitrogen and oxygen atoms in total. The van der Waals surface area contributed by atoms with Crippen molar-refractivity contribution in [3.05, 3.63) is 25.3 Å². The Morgan fingerprint density at radius 2 is 1.42 bits per heavy atom. The van der Waals surface area contributed by atoms with Gasteiger partial charge in [0.2, 0.25) is 3.79 Å². The molecule has 0 fully saturated rings. The molecule has 70 valence electrons. The van der Waals surface area contributed by atoms with Gasteiger partial charge in [-0.3, -0.25) is 0 Å². The summed E-state index contributed by atoms with van der Waals surface area (Å²) >= 11 is 16.7. The van der Waals surface area contributed by atoms with Crippen molar-refractivity contribution in [1.29, 1.82) is 0 Å². The van der Waals surface area contributed by atoms with Crippen LogP contribution in [0.1, 0.15) is 12.8 Å². The van der Waals surface area contributed by atoms with E-state index in [-0.39, 0.29) is 12.8 Å². The van der Waals surface area contributed by atoms with Crippen LogP contribution in [-0.2, 0) is 0 Å². The van der Waals surface area contributed by atoms with Crippen molar-refractivity contribution in [2.45, 2.75) is 22.2 Å². The molecule has 0 bridgehead atoms. The third-order valence-electron chi connectivity index (χ3n) is 1.49. The fourth-order valence-corrected chi connectivity index (χ4v) is 1.26. The third kappa shape index (κ3) is 2.98. The Morgan fingerprint density at radius 1 is 1.08 bits per heavy atom. The highest BCUT2D eigenvalue weighted by Gasteiger charge is 2.44. The van der Waals surface area contributed by atoms with Crippen LogP contribution in [-0.4, -0.2) is 14.5 Å². The van der Waals surface area contributed by atoms with E-state index in [4.69, 9.17) is 34.8 Å². The minimum atomic E-state index is -1.71. The smallest absolute Gasteiger partial charge is 0.219 e. The zero-order valence-electron chi connectivity index (χ0n) is 6.56. The van der Waals surface area contributed by atoms with Gasteiger partial charge < -0.3 is 5.11 Å². The van der Waals surface area contributed by atoms with Gasteiger partial charge in [0.1, 0.15) is 5.60 Å². The van der Waals surface area contributed by atoms with Gasteiger partial charge >= 0.3 is 0 Å². The van der Waals surface area contributed by atoms with Crippen LogP contribution in [0.5, 0.6) is 0 Å². The summed E-state index contributed by atoms with van der Waals surface area (Å²) in [6, 6.07) is 0. The molecule has 0 spiro atoms. The lowest BCUT2D eigenvalue weighted by molar-refractivity contribution is 0.0503. The van der Waals surface area contributed by atoms with E-state index in [9.17, 15) is 5.11 Å². The summed E-state index contributed by atoms with van der Waals surface area (Å²) in [6.45, 7) is 6.94. The molecule has 0 saturated carbocycles. The van der Waals surface area contributed by atoms with E-state index in [1.807, 2.05) is 0 Å². The average molecular weight is 230 g/mol. The molecule has 0 heterocycles. The van der Waals surface area contributed by atoms with Crippen LogP contribution in [0.4, 0.5) is 0 Å². The SMILES string of the molecule is C=CCC(O)(CC=C)C(Cl)(Cl)Cl. The van der Waals surface area contributed by atoms with Gasteiger partial charge in [0.25, 0.3) is 0 Å². The minimum absolute atomic E-state index is 0.218. The molecule has 12 heavy (non-hydrogen) atoms. The second-order valence-corrected chi connectivity index (χ2v) is 4.80. The fourth-order valence-electron chi connectivity index (χ4n) is 0.792. The predicted molar refractivity (Wildman–Crippen MR) is 54.9 cm³/mol. The lowest BCUT2D eigenvalue weighted by atomic mass is 9.97. The van der Waals surface area contributed by atoms with Crippen molar-refractivity contribution in [2.24, 2.45) is 0 Å². The lowest BCUT2D eigenvalue weighted by Gasteiger charge is -2.32. The summed E-state index contributed by atoms with van der Waals surface area (Å²) in [6.07, 6.45) is 3.45. The number of aliphatic hydroxyl groups is 1. The zero-order chi connectivity index (χ0) is 9.83. The van der Waals surface area contributed by atoms with Gasteiger partial charge in [-0.05, 0) is 12.8 Å². The first-order valence-corrected chi connectivity index (χ1v) is 4.51. The number of alkyl halides is 3. The summed E-state index contributed by atoms with van der Waals surface area (Å²) in [5.41, 5.74) is -1.40. The van der Waals surface area contributed by atoms with Gasteiger partial charge in [-0.15, -0.1) is 13.2 Å². The molecule has 0 aromatic carbocycles. The second-order valence-electron chi connectivity index (χ2n) is 2.51. The van der Waals surface area contributed by atoms with Crippen molar-refractivity contribution in [2.75, 3.05) is 0 Å². The summed E-state index contributed by atoms with van der Waals surface area (Å²) in [5.74, 6) is 0. The molecular formula is C8H11Cl3O. The molecule has 0 unspecified atom stereocenters. The number of rotatable bonds is 4. The van der Waals surface area contributed by atoms with Crippen LogP contribution >= 0.6 is 34.8 Å². The average Bonchev–Trinajstić information content (AvgIpc) is 1.86.